The Labute approximate surface area is 200 Å². The van der Waals surface area contributed by atoms with Gasteiger partial charge in [0.2, 0.25) is 0 Å². The Morgan fingerprint density at radius 1 is 1.15 bits per heavy atom. The molecule has 2 aliphatic rings. The van der Waals surface area contributed by atoms with E-state index in [0.29, 0.717) is 24.0 Å². The molecule has 1 saturated heterocycles. The summed E-state index contributed by atoms with van der Waals surface area (Å²) in [5, 5.41) is 3.58. The normalized spacial score (nSPS) is 24.1. The summed E-state index contributed by atoms with van der Waals surface area (Å²) in [7, 11) is 1.62. The number of amides is 1. The fourth-order valence-corrected chi connectivity index (χ4v) is 5.77. The van der Waals surface area contributed by atoms with Crippen LogP contribution in [0.1, 0.15) is 38.2 Å². The molecule has 2 aromatic rings. The second kappa shape index (κ2) is 10.8. The van der Waals surface area contributed by atoms with Crippen molar-refractivity contribution in [3.8, 4) is 11.5 Å². The smallest absolute Gasteiger partial charge is 0.262 e. The van der Waals surface area contributed by atoms with E-state index in [1.165, 1.54) is 19.3 Å². The van der Waals surface area contributed by atoms with E-state index >= 15 is 0 Å². The molecule has 2 aromatic carbocycles. The van der Waals surface area contributed by atoms with Gasteiger partial charge in [0.1, 0.15) is 6.61 Å². The highest BCUT2D eigenvalue weighted by atomic mass is 32.2. The van der Waals surface area contributed by atoms with Crippen LogP contribution < -0.4 is 14.8 Å². The van der Waals surface area contributed by atoms with Crippen LogP contribution in [-0.4, -0.2) is 36.1 Å². The third kappa shape index (κ3) is 5.38. The van der Waals surface area contributed by atoms with Crippen molar-refractivity contribution in [2.45, 2.75) is 44.1 Å². The van der Waals surface area contributed by atoms with Crippen LogP contribution in [0.3, 0.4) is 0 Å². The minimum Gasteiger partial charge on any atom is -0.493 e. The van der Waals surface area contributed by atoms with Crippen LogP contribution >= 0.6 is 11.8 Å². The second-order valence-electron chi connectivity index (χ2n) is 8.54. The quantitative estimate of drug-likeness (QED) is 0.375. The lowest BCUT2D eigenvalue weighted by Gasteiger charge is -2.39. The fourth-order valence-electron chi connectivity index (χ4n) is 4.56. The van der Waals surface area contributed by atoms with E-state index < -0.39 is 0 Å². The monoisotopic (exact) mass is 464 g/mol. The van der Waals surface area contributed by atoms with E-state index in [1.807, 2.05) is 54.6 Å². The summed E-state index contributed by atoms with van der Waals surface area (Å²) in [6, 6.07) is 16.1. The molecule has 0 radical (unpaired) electrons. The molecular weight excluding hydrogens is 432 g/mol. The Balaban J connectivity index is 1.62. The molecule has 1 heterocycles. The Bertz CT molecular complexity index is 1010. The molecule has 0 aromatic heterocycles. The van der Waals surface area contributed by atoms with Gasteiger partial charge in [0.25, 0.3) is 5.91 Å². The van der Waals surface area contributed by atoms with Gasteiger partial charge in [-0.25, -0.2) is 0 Å². The molecule has 1 unspecified atom stereocenters. The van der Waals surface area contributed by atoms with Crippen LogP contribution in [0.25, 0.3) is 6.08 Å². The summed E-state index contributed by atoms with van der Waals surface area (Å²) in [4.78, 5) is 16.5. The van der Waals surface area contributed by atoms with Crippen molar-refractivity contribution in [1.29, 1.82) is 0 Å². The first-order valence-corrected chi connectivity index (χ1v) is 12.4. The summed E-state index contributed by atoms with van der Waals surface area (Å²) in [5.41, 5.74) is 1.79. The lowest BCUT2D eigenvalue weighted by atomic mass is 9.85. The van der Waals surface area contributed by atoms with Gasteiger partial charge in [-0.3, -0.25) is 4.79 Å². The van der Waals surface area contributed by atoms with Crippen molar-refractivity contribution < 1.29 is 14.3 Å². The summed E-state index contributed by atoms with van der Waals surface area (Å²) >= 11 is 1.58. The van der Waals surface area contributed by atoms with E-state index in [-0.39, 0.29) is 17.4 Å². The maximum absolute atomic E-state index is 13.6. The number of rotatable bonds is 8. The van der Waals surface area contributed by atoms with E-state index in [9.17, 15) is 4.79 Å². The van der Waals surface area contributed by atoms with Crippen LogP contribution in [-0.2, 0) is 4.79 Å². The van der Waals surface area contributed by atoms with Crippen molar-refractivity contribution >= 4 is 29.4 Å². The van der Waals surface area contributed by atoms with Crippen molar-refractivity contribution in [2.75, 3.05) is 19.0 Å². The average Bonchev–Trinajstić information content (AvgIpc) is 3.13. The number of nitrogens with zero attached hydrogens (tertiary/aromatic N) is 1. The molecule has 174 valence electrons. The molecule has 2 fully saturated rings. The number of hydrogen-bond donors (Lipinski definition) is 1. The van der Waals surface area contributed by atoms with Crippen molar-refractivity contribution in [3.05, 3.63) is 71.7 Å². The van der Waals surface area contributed by atoms with Gasteiger partial charge in [-0.15, -0.1) is 0 Å². The number of methoxy groups -OCH3 is 1. The molecule has 1 aliphatic heterocycles. The summed E-state index contributed by atoms with van der Waals surface area (Å²) in [6.45, 7) is 6.37. The molecular formula is C27H32N2O3S. The molecule has 1 aliphatic carbocycles. The molecule has 0 bridgehead atoms. The van der Waals surface area contributed by atoms with Crippen molar-refractivity contribution in [2.24, 2.45) is 5.92 Å². The maximum atomic E-state index is 13.6. The van der Waals surface area contributed by atoms with Gasteiger partial charge < -0.3 is 19.7 Å². The minimum atomic E-state index is -0.131. The third-order valence-corrected chi connectivity index (χ3v) is 7.38. The zero-order chi connectivity index (χ0) is 23.2. The standard InChI is InChI=1S/C27H32N2O3S/c1-4-16-32-23-15-14-20(17-24(23)31-3)18-25-26(30)29(22-13-9-8-10-19(22)2)27(33-25)28-21-11-6-5-7-12-21/h4-7,11-12,14-15,17-19,22,27-28H,1,8-10,13,16H2,2-3H3/b25-18-/t19-,22-,27?/m0/s1. The van der Waals surface area contributed by atoms with E-state index in [0.717, 1.165) is 22.6 Å². The summed E-state index contributed by atoms with van der Waals surface area (Å²) in [6.07, 6.45) is 8.29. The highest BCUT2D eigenvalue weighted by molar-refractivity contribution is 8.05. The van der Waals surface area contributed by atoms with Crippen molar-refractivity contribution in [1.82, 2.24) is 4.90 Å². The predicted octanol–water partition coefficient (Wildman–Crippen LogP) is 6.15. The zero-order valence-electron chi connectivity index (χ0n) is 19.3. The summed E-state index contributed by atoms with van der Waals surface area (Å²) in [5.74, 6) is 1.88. The van der Waals surface area contributed by atoms with Crippen LogP contribution in [0, 0.1) is 5.92 Å². The van der Waals surface area contributed by atoms with Crippen LogP contribution in [0.2, 0.25) is 0 Å². The molecule has 3 atom stereocenters. The molecule has 33 heavy (non-hydrogen) atoms. The number of anilines is 1. The van der Waals surface area contributed by atoms with Gasteiger partial charge in [0.15, 0.2) is 17.0 Å². The first-order valence-electron chi connectivity index (χ1n) is 11.5. The number of ether oxygens (including phenoxy) is 2. The van der Waals surface area contributed by atoms with Crippen LogP contribution in [0.4, 0.5) is 5.69 Å². The van der Waals surface area contributed by atoms with Crippen LogP contribution in [0.15, 0.2) is 66.1 Å². The number of carbonyl (C=O) groups is 1. The van der Waals surface area contributed by atoms with Gasteiger partial charge in [-0.05, 0) is 54.7 Å². The zero-order valence-corrected chi connectivity index (χ0v) is 20.1. The molecule has 4 rings (SSSR count). The molecule has 5 nitrogen and oxygen atoms in total. The molecule has 1 N–H and O–H groups in total. The van der Waals surface area contributed by atoms with Crippen molar-refractivity contribution in [3.63, 3.8) is 0 Å². The lowest BCUT2D eigenvalue weighted by molar-refractivity contribution is -0.129. The lowest BCUT2D eigenvalue weighted by Crippen LogP contribution is -2.48. The first kappa shape index (κ1) is 23.3. The van der Waals surface area contributed by atoms with Gasteiger partial charge in [0, 0.05) is 11.7 Å². The maximum Gasteiger partial charge on any atom is 0.262 e. The number of benzene rings is 2. The molecule has 1 amide bonds. The average molecular weight is 465 g/mol. The predicted molar refractivity (Wildman–Crippen MR) is 136 cm³/mol. The third-order valence-electron chi connectivity index (χ3n) is 6.27. The van der Waals surface area contributed by atoms with Gasteiger partial charge in [0.05, 0.1) is 12.0 Å². The number of carbonyl (C=O) groups excluding carboxylic acids is 1. The number of thioether (sulfide) groups is 1. The highest BCUT2D eigenvalue weighted by Crippen LogP contribution is 2.42. The van der Waals surface area contributed by atoms with E-state index in [1.54, 1.807) is 24.9 Å². The van der Waals surface area contributed by atoms with Gasteiger partial charge in [-0.1, -0.05) is 68.4 Å². The molecule has 0 spiro atoms. The fraction of sp³-hybridized carbons (Fsp3) is 0.370. The first-order chi connectivity index (χ1) is 16.1. The SMILES string of the molecule is C=CCOc1ccc(/C=C2\SC(Nc3ccccc3)N([C@H]3CCCC[C@@H]3C)C2=O)cc1OC. The second-order valence-corrected chi connectivity index (χ2v) is 9.66. The number of hydrogen-bond acceptors (Lipinski definition) is 5. The number of nitrogens with one attached hydrogen (secondary N) is 1. The summed E-state index contributed by atoms with van der Waals surface area (Å²) < 4.78 is 11.2. The van der Waals surface area contributed by atoms with E-state index in [2.05, 4.69) is 23.7 Å². The van der Waals surface area contributed by atoms with Crippen LogP contribution in [0.5, 0.6) is 11.5 Å². The Morgan fingerprint density at radius 3 is 2.67 bits per heavy atom. The minimum absolute atomic E-state index is 0.0955. The molecule has 1 saturated carbocycles. The van der Waals surface area contributed by atoms with E-state index in [4.69, 9.17) is 9.47 Å². The highest BCUT2D eigenvalue weighted by Gasteiger charge is 2.42. The molecule has 6 heteroatoms. The Kier molecular flexibility index (Phi) is 7.65. The topological polar surface area (TPSA) is 50.8 Å². The number of para-hydroxylation sites is 1. The Hall–Kier alpha value is -2.86. The largest absolute Gasteiger partial charge is 0.493 e. The van der Waals surface area contributed by atoms with Gasteiger partial charge in [-0.2, -0.15) is 0 Å². The Morgan fingerprint density at radius 2 is 1.94 bits per heavy atom. The van der Waals surface area contributed by atoms with Gasteiger partial charge >= 0.3 is 0 Å².